The average Bonchev–Trinajstić information content (AvgIpc) is 1.74. The van der Waals surface area contributed by atoms with Crippen LogP contribution in [0.25, 0.3) is 22.3 Å². The van der Waals surface area contributed by atoms with E-state index >= 15 is 0 Å². The minimum absolute atomic E-state index is 0.114. The third-order valence-electron chi connectivity index (χ3n) is 16.6. The third kappa shape index (κ3) is 22.3. The third-order valence-corrected chi connectivity index (χ3v) is 17.1. The Labute approximate surface area is 626 Å². The maximum atomic E-state index is 13.2. The van der Waals surface area contributed by atoms with Crippen LogP contribution in [0.15, 0.2) is 95.9 Å². The molecule has 2 fully saturated rings. The Morgan fingerprint density at radius 3 is 1.33 bits per heavy atom. The molecule has 578 valence electrons. The largest absolute Gasteiger partial charge is 0.508 e. The summed E-state index contributed by atoms with van der Waals surface area (Å²) in [6, 6.07) is 13.7. The topological polar surface area (TPSA) is 321 Å². The molecule has 0 unspecified atom stereocenters. The molecule has 4 N–H and O–H groups in total. The number of phenols is 1. The van der Waals surface area contributed by atoms with E-state index in [1.807, 2.05) is 58.9 Å². The number of carbonyl (C=O) groups excluding carboxylic acids is 4. The Hall–Kier alpha value is -8.58. The lowest BCUT2D eigenvalue weighted by atomic mass is 9.83. The molecule has 2 amide bonds. The number of rotatable bonds is 25. The highest BCUT2D eigenvalue weighted by molar-refractivity contribution is 6.76. The van der Waals surface area contributed by atoms with Crippen LogP contribution in [0.5, 0.6) is 46.0 Å². The van der Waals surface area contributed by atoms with Crippen LogP contribution >= 0.6 is 34.8 Å². The second-order valence-corrected chi connectivity index (χ2v) is 27.8. The fourth-order valence-corrected chi connectivity index (χ4v) is 11.8. The zero-order valence-corrected chi connectivity index (χ0v) is 64.8. The summed E-state index contributed by atoms with van der Waals surface area (Å²) in [5, 5.41) is 23.8. The number of esters is 2. The molecule has 0 aromatic heterocycles. The molecule has 4 aromatic carbocycles. The number of aromatic hydroxyl groups is 1. The number of hydrogen-bond acceptors (Lipinski definition) is 26. The maximum Gasteiger partial charge on any atom is 0.338 e. The summed E-state index contributed by atoms with van der Waals surface area (Å²) in [7, 11) is 11.9. The van der Waals surface area contributed by atoms with Crippen molar-refractivity contribution in [3.8, 4) is 68.2 Å². The Bertz CT molecular complexity index is 3790. The fourth-order valence-electron chi connectivity index (χ4n) is 11.7. The summed E-state index contributed by atoms with van der Waals surface area (Å²) >= 11 is 16.9. The standard InChI is InChI=1S/C39H51NO14.C20H23NO5.C15H22Cl3NO6/c1-21(2)18-47-52-34-35(53-48-19-22(3)4)37(54-49-20-23(5)6)39(51-36(34)38(42)46-11)50-26-13-14-27-28(17-26)29(40-24(7)41)15-12-25-16-30(43-8)32(44-9)33(45-10)31(25)27;1-11(22)21-16-8-5-12-9-17(24-2)19(25-3)20(26-4)18(12)14-7-6-13(23)10-15(14)16;1-7(2)6-22-25-11-9(4)8(3)10(12(20)21-5)23-13(11)24-14(19)15(16,17)18/h13-14,16-20,29,34-37,39H,12,15H2,1-11H3,(H,40,41);6-7,9-10,16,23H,5,8H2,1-4H3,(H,21,22);6,8-11,13,19H,1-5H3/t29-,34-,35-,36-,37+,39-;16-;8-,9-,10-,11+,13+/m000/s1. The second-order valence-electron chi connectivity index (χ2n) is 25.5. The average molecular weight is 1530 g/mol. The quantitative estimate of drug-likeness (QED) is 0.00911. The molecule has 0 spiro atoms. The second kappa shape index (κ2) is 39.7. The Balaban J connectivity index is 0.000000280. The summed E-state index contributed by atoms with van der Waals surface area (Å²) in [5.74, 6) is 0.665. The molecule has 105 heavy (non-hydrogen) atoms. The number of ether oxygens (including phenoxy) is 12. The molecular formula is C74H96Cl3N3O25. The van der Waals surface area contributed by atoms with Gasteiger partial charge >= 0.3 is 11.9 Å². The Morgan fingerprint density at radius 2 is 0.914 bits per heavy atom. The smallest absolute Gasteiger partial charge is 0.338 e. The van der Waals surface area contributed by atoms with Crippen LogP contribution in [-0.4, -0.2) is 145 Å². The first-order chi connectivity index (χ1) is 49.8. The number of aryl methyl sites for hydroxylation is 2. The number of phenolic OH excluding ortho intramolecular Hbond substituents is 1. The number of methoxy groups -OCH3 is 8. The van der Waals surface area contributed by atoms with Gasteiger partial charge in [-0.25, -0.2) is 9.59 Å². The first-order valence-corrected chi connectivity index (χ1v) is 34.4. The van der Waals surface area contributed by atoms with E-state index < -0.39 is 76.9 Å². The number of hydrogen-bond donors (Lipinski definition) is 4. The number of allylic oxidation sites excluding steroid dienone is 4. The molecule has 12 atom stereocenters. The number of carbonyl (C=O) groups is 4. The van der Waals surface area contributed by atoms with E-state index in [0.29, 0.717) is 65.9 Å². The molecule has 2 saturated heterocycles. The van der Waals surface area contributed by atoms with Crippen LogP contribution in [0.4, 0.5) is 0 Å². The van der Waals surface area contributed by atoms with Crippen LogP contribution in [0, 0.1) is 17.2 Å². The molecular weight excluding hydrogens is 1440 g/mol. The normalized spacial score (nSPS) is 21.8. The predicted molar refractivity (Wildman–Crippen MR) is 385 cm³/mol. The highest BCUT2D eigenvalue weighted by Gasteiger charge is 2.56. The van der Waals surface area contributed by atoms with E-state index in [4.69, 9.17) is 136 Å². The zero-order valence-electron chi connectivity index (χ0n) is 62.6. The van der Waals surface area contributed by atoms with Crippen molar-refractivity contribution in [3.05, 3.63) is 118 Å². The molecule has 0 radical (unpaired) electrons. The van der Waals surface area contributed by atoms with Gasteiger partial charge in [0.25, 0.3) is 3.79 Å². The van der Waals surface area contributed by atoms with E-state index in [9.17, 15) is 24.3 Å². The Morgan fingerprint density at radius 1 is 0.505 bits per heavy atom. The van der Waals surface area contributed by atoms with Gasteiger partial charge in [-0.2, -0.15) is 19.6 Å². The molecule has 2 heterocycles. The fraction of sp³-hybridized carbons (Fsp3) is 0.500. The van der Waals surface area contributed by atoms with Crippen molar-refractivity contribution in [1.82, 2.24) is 10.6 Å². The van der Waals surface area contributed by atoms with Gasteiger partial charge in [-0.1, -0.05) is 60.8 Å². The van der Waals surface area contributed by atoms with E-state index in [1.165, 1.54) is 60.2 Å². The summed E-state index contributed by atoms with van der Waals surface area (Å²) in [5.41, 5.74) is 10.1. The van der Waals surface area contributed by atoms with Gasteiger partial charge in [-0.05, 0) is 185 Å². The monoisotopic (exact) mass is 1530 g/mol. The van der Waals surface area contributed by atoms with Crippen LogP contribution in [0.1, 0.15) is 130 Å². The lowest BCUT2D eigenvalue weighted by molar-refractivity contribution is -0.446. The van der Waals surface area contributed by atoms with Crippen LogP contribution in [0.3, 0.4) is 0 Å². The summed E-state index contributed by atoms with van der Waals surface area (Å²) in [6.45, 7) is 21.1. The molecule has 2 aliphatic heterocycles. The first-order valence-electron chi connectivity index (χ1n) is 33.2. The SMILES string of the molecule is COC(=O)[C@H]1O[C@H](OC(=N)C(Cl)(Cl)Cl)[C@H](OOC=C(C)C)[C@@H](C)[C@@H]1C.COC(=O)[C@H]1O[C@H](Oc2ccc3c(c2)[C@@H](NC(C)=O)CCc2cc(OC)c(OC)c(OC)c2-3)[C@H](OOC=C(C)C)[C@@H](OOC=C(C)C)[C@@H]1OOC=C(C)C.COc1cc2c(c(OC)c1OC)-c1ccc(O)cc1[C@@H](NC(C)=O)CC2. The highest BCUT2D eigenvalue weighted by Crippen LogP contribution is 2.53. The lowest BCUT2D eigenvalue weighted by Gasteiger charge is -2.41. The minimum Gasteiger partial charge on any atom is -0.508 e. The Kier molecular flexibility index (Phi) is 32.3. The highest BCUT2D eigenvalue weighted by atomic mass is 35.6. The predicted octanol–water partition coefficient (Wildman–Crippen LogP) is 13.5. The molecule has 4 aromatic rings. The van der Waals surface area contributed by atoms with Gasteiger partial charge in [0, 0.05) is 25.0 Å². The number of halogens is 3. The van der Waals surface area contributed by atoms with E-state index in [-0.39, 0.29) is 35.4 Å². The molecule has 0 saturated carbocycles. The summed E-state index contributed by atoms with van der Waals surface area (Å²) in [4.78, 5) is 93.4. The molecule has 8 rings (SSSR count). The summed E-state index contributed by atoms with van der Waals surface area (Å²) < 4.78 is 65.3. The van der Waals surface area contributed by atoms with Gasteiger partial charge in [-0.15, -0.1) is 0 Å². The number of fused-ring (bicyclic) bond motifs is 6. The number of benzene rings is 4. The first kappa shape index (κ1) is 85.3. The molecule has 4 aliphatic rings. The van der Waals surface area contributed by atoms with Gasteiger partial charge in [0.05, 0.1) is 69.0 Å². The lowest BCUT2D eigenvalue weighted by Crippen LogP contribution is -2.63. The van der Waals surface area contributed by atoms with Crippen molar-refractivity contribution in [3.63, 3.8) is 0 Å². The van der Waals surface area contributed by atoms with Crippen molar-refractivity contribution < 1.29 is 120 Å². The van der Waals surface area contributed by atoms with Crippen molar-refractivity contribution in [2.45, 2.75) is 174 Å². The molecule has 0 bridgehead atoms. The number of nitrogens with one attached hydrogen (secondary N) is 3. The zero-order chi connectivity index (χ0) is 77.7. The van der Waals surface area contributed by atoms with Crippen molar-refractivity contribution >= 4 is 64.5 Å². The van der Waals surface area contributed by atoms with Gasteiger partial charge in [0.2, 0.25) is 41.8 Å². The number of amides is 2. The van der Waals surface area contributed by atoms with Gasteiger partial charge in [0.15, 0.2) is 59.6 Å². The minimum atomic E-state index is -2.08. The number of alkyl halides is 3. The molecule has 28 nitrogen and oxygen atoms in total. The molecule has 31 heteroatoms. The van der Waals surface area contributed by atoms with Gasteiger partial charge < -0.3 is 92.1 Å². The van der Waals surface area contributed by atoms with Gasteiger partial charge in [-0.3, -0.25) is 15.0 Å². The molecule has 2 aliphatic carbocycles. The van der Waals surface area contributed by atoms with E-state index in [1.54, 1.807) is 94.4 Å². The van der Waals surface area contributed by atoms with E-state index in [0.717, 1.165) is 66.8 Å². The maximum absolute atomic E-state index is 13.2. The van der Waals surface area contributed by atoms with Crippen molar-refractivity contribution in [2.75, 3.05) is 56.9 Å². The van der Waals surface area contributed by atoms with Crippen LogP contribution in [0.2, 0.25) is 0 Å². The van der Waals surface area contributed by atoms with E-state index in [2.05, 4.69) is 10.6 Å². The van der Waals surface area contributed by atoms with Crippen LogP contribution in [-0.2, 0) is 94.8 Å². The van der Waals surface area contributed by atoms with Crippen LogP contribution < -0.4 is 43.8 Å². The van der Waals surface area contributed by atoms with Crippen molar-refractivity contribution in [2.24, 2.45) is 11.8 Å². The van der Waals surface area contributed by atoms with Gasteiger partial charge in [0.1, 0.15) is 36.5 Å². The summed E-state index contributed by atoms with van der Waals surface area (Å²) in [6.07, 6.45) is -1.59. The van der Waals surface area contributed by atoms with Crippen molar-refractivity contribution in [1.29, 1.82) is 5.41 Å².